The lowest BCUT2D eigenvalue weighted by molar-refractivity contribution is -0.123. The smallest absolute Gasteiger partial charge is 0.223 e. The normalized spacial score (nSPS) is 28.1. The summed E-state index contributed by atoms with van der Waals surface area (Å²) >= 11 is 0. The summed E-state index contributed by atoms with van der Waals surface area (Å²) < 4.78 is 0. The van der Waals surface area contributed by atoms with Crippen molar-refractivity contribution >= 4 is 5.91 Å². The third-order valence-electron chi connectivity index (χ3n) is 3.92. The standard InChI is InChI=1S/C13H20N2O/c1-3-4-10(2)15-12(16)11-9-13(11)5-7-14-8-6-13/h1,10-11,14H,4-9H2,2H3,(H,15,16). The van der Waals surface area contributed by atoms with Gasteiger partial charge in [-0.25, -0.2) is 0 Å². The Bertz CT molecular complexity index is 312. The Balaban J connectivity index is 1.82. The van der Waals surface area contributed by atoms with Crippen LogP contribution in [0.3, 0.4) is 0 Å². The number of piperidine rings is 1. The maximum absolute atomic E-state index is 12.0. The number of hydrogen-bond donors (Lipinski definition) is 2. The Hall–Kier alpha value is -1.01. The molecule has 2 aliphatic rings. The van der Waals surface area contributed by atoms with Crippen LogP contribution in [-0.4, -0.2) is 25.0 Å². The molecule has 1 saturated heterocycles. The van der Waals surface area contributed by atoms with Gasteiger partial charge in [0.25, 0.3) is 0 Å². The van der Waals surface area contributed by atoms with Crippen molar-refractivity contribution in [3.63, 3.8) is 0 Å². The minimum absolute atomic E-state index is 0.108. The molecule has 0 aromatic rings. The lowest BCUT2D eigenvalue weighted by Crippen LogP contribution is -2.37. The van der Waals surface area contributed by atoms with E-state index in [1.165, 1.54) is 0 Å². The first-order valence-corrected chi connectivity index (χ1v) is 6.12. The van der Waals surface area contributed by atoms with Crippen LogP contribution in [0.1, 0.15) is 32.6 Å². The molecule has 1 spiro atoms. The molecule has 1 aliphatic heterocycles. The second-order valence-electron chi connectivity index (χ2n) is 5.19. The van der Waals surface area contributed by atoms with E-state index in [1.54, 1.807) is 0 Å². The van der Waals surface area contributed by atoms with Gasteiger partial charge in [-0.15, -0.1) is 12.3 Å². The highest BCUT2D eigenvalue weighted by Gasteiger charge is 2.57. The van der Waals surface area contributed by atoms with Gasteiger partial charge in [0, 0.05) is 18.4 Å². The van der Waals surface area contributed by atoms with E-state index in [0.29, 0.717) is 11.8 Å². The highest BCUT2D eigenvalue weighted by atomic mass is 16.2. The van der Waals surface area contributed by atoms with Gasteiger partial charge < -0.3 is 10.6 Å². The molecule has 0 aromatic heterocycles. The first kappa shape index (κ1) is 11.5. The Morgan fingerprint density at radius 1 is 1.62 bits per heavy atom. The summed E-state index contributed by atoms with van der Waals surface area (Å²) in [5.74, 6) is 3.04. The van der Waals surface area contributed by atoms with Gasteiger partial charge in [-0.05, 0) is 44.7 Å². The summed E-state index contributed by atoms with van der Waals surface area (Å²) in [4.78, 5) is 12.0. The van der Waals surface area contributed by atoms with Crippen molar-refractivity contribution in [2.24, 2.45) is 11.3 Å². The van der Waals surface area contributed by atoms with Gasteiger partial charge in [0.1, 0.15) is 0 Å². The molecule has 2 fully saturated rings. The molecule has 1 heterocycles. The molecule has 16 heavy (non-hydrogen) atoms. The summed E-state index contributed by atoms with van der Waals surface area (Å²) in [7, 11) is 0. The fourth-order valence-electron chi connectivity index (χ4n) is 2.77. The molecule has 1 amide bonds. The zero-order valence-electron chi connectivity index (χ0n) is 9.88. The van der Waals surface area contributed by atoms with Crippen LogP contribution in [0.15, 0.2) is 0 Å². The summed E-state index contributed by atoms with van der Waals surface area (Å²) in [6.07, 6.45) is 9.21. The van der Waals surface area contributed by atoms with E-state index >= 15 is 0 Å². The Kier molecular flexibility index (Phi) is 3.20. The molecule has 88 valence electrons. The largest absolute Gasteiger partial charge is 0.352 e. The van der Waals surface area contributed by atoms with Crippen molar-refractivity contribution < 1.29 is 4.79 Å². The van der Waals surface area contributed by atoms with Gasteiger partial charge in [0.05, 0.1) is 0 Å². The molecule has 0 bridgehead atoms. The topological polar surface area (TPSA) is 41.1 Å². The molecule has 0 radical (unpaired) electrons. The Labute approximate surface area is 97.4 Å². The van der Waals surface area contributed by atoms with Crippen LogP contribution in [-0.2, 0) is 4.79 Å². The molecular formula is C13H20N2O. The van der Waals surface area contributed by atoms with E-state index in [0.717, 1.165) is 32.4 Å². The molecule has 2 atom stereocenters. The van der Waals surface area contributed by atoms with Gasteiger partial charge in [-0.1, -0.05) is 0 Å². The van der Waals surface area contributed by atoms with Crippen LogP contribution in [0.4, 0.5) is 0 Å². The third-order valence-corrected chi connectivity index (χ3v) is 3.92. The quantitative estimate of drug-likeness (QED) is 0.694. The van der Waals surface area contributed by atoms with Crippen molar-refractivity contribution in [1.29, 1.82) is 0 Å². The SMILES string of the molecule is C#CCC(C)NC(=O)C1CC12CCNCC2. The number of amides is 1. The van der Waals surface area contributed by atoms with E-state index in [-0.39, 0.29) is 17.9 Å². The van der Waals surface area contributed by atoms with Crippen LogP contribution in [0, 0.1) is 23.7 Å². The fourth-order valence-corrected chi connectivity index (χ4v) is 2.77. The van der Waals surface area contributed by atoms with Crippen molar-refractivity contribution in [1.82, 2.24) is 10.6 Å². The predicted molar refractivity (Wildman–Crippen MR) is 63.7 cm³/mol. The Morgan fingerprint density at radius 2 is 2.31 bits per heavy atom. The first-order valence-electron chi connectivity index (χ1n) is 6.12. The maximum Gasteiger partial charge on any atom is 0.223 e. The fraction of sp³-hybridized carbons (Fsp3) is 0.769. The molecule has 0 aromatic carbocycles. The van der Waals surface area contributed by atoms with Crippen molar-refractivity contribution in [2.45, 2.75) is 38.6 Å². The van der Waals surface area contributed by atoms with E-state index in [9.17, 15) is 4.79 Å². The maximum atomic E-state index is 12.0. The summed E-state index contributed by atoms with van der Waals surface area (Å²) in [6.45, 7) is 4.09. The Morgan fingerprint density at radius 3 is 2.94 bits per heavy atom. The average Bonchev–Trinajstić information content (AvgIpc) is 2.93. The molecule has 3 heteroatoms. The average molecular weight is 220 g/mol. The van der Waals surface area contributed by atoms with Crippen LogP contribution in [0.5, 0.6) is 0 Å². The van der Waals surface area contributed by atoms with Gasteiger partial charge in [-0.3, -0.25) is 4.79 Å². The second-order valence-corrected chi connectivity index (χ2v) is 5.19. The van der Waals surface area contributed by atoms with Gasteiger partial charge in [0.15, 0.2) is 0 Å². The number of hydrogen-bond acceptors (Lipinski definition) is 2. The third kappa shape index (κ3) is 2.22. The molecule has 1 saturated carbocycles. The van der Waals surface area contributed by atoms with E-state index in [1.807, 2.05) is 6.92 Å². The number of nitrogens with one attached hydrogen (secondary N) is 2. The first-order chi connectivity index (χ1) is 7.68. The number of rotatable bonds is 3. The number of carbonyl (C=O) groups excluding carboxylic acids is 1. The molecule has 2 rings (SSSR count). The zero-order chi connectivity index (χ0) is 11.6. The van der Waals surface area contributed by atoms with Crippen molar-refractivity contribution in [3.05, 3.63) is 0 Å². The highest BCUT2D eigenvalue weighted by molar-refractivity contribution is 5.82. The van der Waals surface area contributed by atoms with Crippen LogP contribution in [0.2, 0.25) is 0 Å². The zero-order valence-corrected chi connectivity index (χ0v) is 9.88. The minimum Gasteiger partial charge on any atom is -0.352 e. The van der Waals surface area contributed by atoms with Gasteiger partial charge in [-0.2, -0.15) is 0 Å². The summed E-state index contributed by atoms with van der Waals surface area (Å²) in [6, 6.07) is 0.108. The molecule has 2 unspecified atom stereocenters. The van der Waals surface area contributed by atoms with Crippen molar-refractivity contribution in [2.75, 3.05) is 13.1 Å². The highest BCUT2D eigenvalue weighted by Crippen LogP contribution is 2.58. The lowest BCUT2D eigenvalue weighted by Gasteiger charge is -2.23. The van der Waals surface area contributed by atoms with Crippen LogP contribution < -0.4 is 10.6 Å². The van der Waals surface area contributed by atoms with E-state index < -0.39 is 0 Å². The predicted octanol–water partition coefficient (Wildman–Crippen LogP) is 0.904. The molecule has 1 aliphatic carbocycles. The number of carbonyl (C=O) groups is 1. The van der Waals surface area contributed by atoms with E-state index in [4.69, 9.17) is 6.42 Å². The second kappa shape index (κ2) is 4.47. The van der Waals surface area contributed by atoms with Crippen LogP contribution in [0.25, 0.3) is 0 Å². The van der Waals surface area contributed by atoms with E-state index in [2.05, 4.69) is 16.6 Å². The summed E-state index contributed by atoms with van der Waals surface area (Å²) in [5, 5.41) is 6.36. The molecule has 3 nitrogen and oxygen atoms in total. The molecular weight excluding hydrogens is 200 g/mol. The van der Waals surface area contributed by atoms with Gasteiger partial charge in [0.2, 0.25) is 5.91 Å². The van der Waals surface area contributed by atoms with Crippen molar-refractivity contribution in [3.8, 4) is 12.3 Å². The minimum atomic E-state index is 0.108. The molecule has 2 N–H and O–H groups in total. The van der Waals surface area contributed by atoms with Gasteiger partial charge >= 0.3 is 0 Å². The lowest BCUT2D eigenvalue weighted by atomic mass is 9.91. The van der Waals surface area contributed by atoms with Crippen LogP contribution >= 0.6 is 0 Å². The number of terminal acetylenes is 1. The monoisotopic (exact) mass is 220 g/mol. The summed E-state index contributed by atoms with van der Waals surface area (Å²) in [5.41, 5.74) is 0.325.